The van der Waals surface area contributed by atoms with Crippen LogP contribution in [-0.2, 0) is 17.6 Å². The highest BCUT2D eigenvalue weighted by atomic mass is 35.5. The van der Waals surface area contributed by atoms with Gasteiger partial charge in [0.1, 0.15) is 17.4 Å². The molecular formula is C30H40ClN5O4. The fourth-order valence-electron chi connectivity index (χ4n) is 5.78. The maximum atomic E-state index is 13.4. The topological polar surface area (TPSA) is 100 Å². The Bertz CT molecular complexity index is 1240. The van der Waals surface area contributed by atoms with Crippen molar-refractivity contribution in [2.24, 2.45) is 5.92 Å². The summed E-state index contributed by atoms with van der Waals surface area (Å²) in [6, 6.07) is 6.01. The van der Waals surface area contributed by atoms with Gasteiger partial charge in [-0.3, -0.25) is 9.69 Å². The quantitative estimate of drug-likeness (QED) is 0.473. The summed E-state index contributed by atoms with van der Waals surface area (Å²) >= 11 is 6.49. The van der Waals surface area contributed by atoms with E-state index in [0.717, 1.165) is 69.1 Å². The van der Waals surface area contributed by atoms with Crippen LogP contribution in [0.5, 0.6) is 5.75 Å². The number of nitrogens with zero attached hydrogens (tertiary/aromatic N) is 4. The lowest BCUT2D eigenvalue weighted by Crippen LogP contribution is -2.50. The largest absolute Gasteiger partial charge is 0.496 e. The maximum Gasteiger partial charge on any atom is 0.253 e. The van der Waals surface area contributed by atoms with Gasteiger partial charge in [-0.2, -0.15) is 0 Å². The molecule has 1 atom stereocenters. The van der Waals surface area contributed by atoms with Crippen LogP contribution in [0.25, 0.3) is 5.03 Å². The standard InChI is InChI=1S/C30H40ClN5O4/c1-19(2)25(18-37)33-29-28-23(31)6-7-24(28)32-27(34-29)17-20-4-5-21(16-26(20)39-3)30(38)36-10-8-22(9-11-36)35-12-14-40-15-13-35/h4-6,16,19,22,25,37H,7-15,17-18H2,1-3H3,(H,32,33,34)/t25-/m0/s1. The highest BCUT2D eigenvalue weighted by Gasteiger charge is 2.29. The van der Waals surface area contributed by atoms with Crippen molar-refractivity contribution in [2.45, 2.75) is 51.6 Å². The molecule has 2 fully saturated rings. The first kappa shape index (κ1) is 28.8. The fourth-order valence-corrected chi connectivity index (χ4v) is 6.06. The Morgan fingerprint density at radius 2 is 1.95 bits per heavy atom. The molecule has 5 rings (SSSR count). The Balaban J connectivity index is 1.30. The number of methoxy groups -OCH3 is 1. The molecule has 1 aliphatic carbocycles. The third-order valence-corrected chi connectivity index (χ3v) is 8.61. The van der Waals surface area contributed by atoms with E-state index < -0.39 is 0 Å². The minimum atomic E-state index is -0.157. The average molecular weight is 570 g/mol. The molecule has 1 aromatic carbocycles. The highest BCUT2D eigenvalue weighted by molar-refractivity contribution is 6.49. The Morgan fingerprint density at radius 1 is 1.20 bits per heavy atom. The molecule has 9 nitrogen and oxygen atoms in total. The number of morpholine rings is 1. The number of aliphatic hydroxyl groups excluding tert-OH is 1. The minimum absolute atomic E-state index is 0.0126. The SMILES string of the molecule is COc1cc(C(=O)N2CCC(N3CCOCC3)CC2)ccc1Cc1nc2c(c(N[C@@H](CO)C(C)C)n1)C(Cl)=CC2. The molecule has 2 saturated heterocycles. The number of hydrogen-bond donors (Lipinski definition) is 2. The smallest absolute Gasteiger partial charge is 0.253 e. The summed E-state index contributed by atoms with van der Waals surface area (Å²) in [5.41, 5.74) is 3.19. The number of carbonyl (C=O) groups excluding carboxylic acids is 1. The number of fused-ring (bicyclic) bond motifs is 1. The Morgan fingerprint density at radius 3 is 2.62 bits per heavy atom. The average Bonchev–Trinajstić information content (AvgIpc) is 3.36. The lowest BCUT2D eigenvalue weighted by molar-refractivity contribution is 0.00158. The van der Waals surface area contributed by atoms with Gasteiger partial charge in [-0.15, -0.1) is 0 Å². The van der Waals surface area contributed by atoms with E-state index in [2.05, 4.69) is 10.2 Å². The van der Waals surface area contributed by atoms with E-state index in [1.165, 1.54) is 0 Å². The number of amides is 1. The highest BCUT2D eigenvalue weighted by Crippen LogP contribution is 2.35. The summed E-state index contributed by atoms with van der Waals surface area (Å²) < 4.78 is 11.2. The number of benzene rings is 1. The van der Waals surface area contributed by atoms with E-state index in [0.29, 0.717) is 46.9 Å². The first-order chi connectivity index (χ1) is 19.4. The summed E-state index contributed by atoms with van der Waals surface area (Å²) in [4.78, 5) is 27.4. The van der Waals surface area contributed by atoms with Crippen molar-refractivity contribution in [3.05, 3.63) is 52.5 Å². The number of piperidine rings is 1. The lowest BCUT2D eigenvalue weighted by atomic mass is 10.0. The van der Waals surface area contributed by atoms with Crippen LogP contribution in [0.15, 0.2) is 24.3 Å². The number of rotatable bonds is 9. The van der Waals surface area contributed by atoms with Crippen LogP contribution >= 0.6 is 11.6 Å². The van der Waals surface area contributed by atoms with Gasteiger partial charge >= 0.3 is 0 Å². The second kappa shape index (κ2) is 12.9. The maximum absolute atomic E-state index is 13.4. The molecule has 40 heavy (non-hydrogen) atoms. The summed E-state index contributed by atoms with van der Waals surface area (Å²) in [6.07, 6.45) is 4.98. The van der Waals surface area contributed by atoms with Gasteiger partial charge in [-0.25, -0.2) is 9.97 Å². The number of aromatic nitrogens is 2. The number of allylic oxidation sites excluding steroid dienone is 1. The lowest BCUT2D eigenvalue weighted by Gasteiger charge is -2.40. The predicted molar refractivity (Wildman–Crippen MR) is 156 cm³/mol. The van der Waals surface area contributed by atoms with Crippen LogP contribution in [0.3, 0.4) is 0 Å². The van der Waals surface area contributed by atoms with Gasteiger partial charge < -0.3 is 24.8 Å². The predicted octanol–water partition coefficient (Wildman–Crippen LogP) is 3.58. The number of aliphatic hydroxyl groups is 1. The minimum Gasteiger partial charge on any atom is -0.496 e. The Hall–Kier alpha value is -2.72. The number of nitrogens with one attached hydrogen (secondary N) is 1. The van der Waals surface area contributed by atoms with Crippen molar-refractivity contribution in [1.29, 1.82) is 0 Å². The van der Waals surface area contributed by atoms with Crippen LogP contribution in [0, 0.1) is 5.92 Å². The zero-order valence-corrected chi connectivity index (χ0v) is 24.4. The first-order valence-electron chi connectivity index (χ1n) is 14.3. The van der Waals surface area contributed by atoms with E-state index in [4.69, 9.17) is 31.0 Å². The Labute approximate surface area is 241 Å². The van der Waals surface area contributed by atoms with Gasteiger partial charge in [0.25, 0.3) is 5.91 Å². The zero-order valence-electron chi connectivity index (χ0n) is 23.7. The molecule has 2 aromatic rings. The van der Waals surface area contributed by atoms with E-state index >= 15 is 0 Å². The van der Waals surface area contributed by atoms with Crippen molar-refractivity contribution in [2.75, 3.05) is 58.4 Å². The number of hydrogen-bond acceptors (Lipinski definition) is 8. The van der Waals surface area contributed by atoms with E-state index in [1.54, 1.807) is 7.11 Å². The zero-order chi connectivity index (χ0) is 28.2. The molecule has 0 bridgehead atoms. The number of likely N-dealkylation sites (tertiary alicyclic amines) is 1. The van der Waals surface area contributed by atoms with E-state index in [9.17, 15) is 9.90 Å². The number of ether oxygens (including phenoxy) is 2. The van der Waals surface area contributed by atoms with Gasteiger partial charge in [0.15, 0.2) is 0 Å². The van der Waals surface area contributed by atoms with E-state index in [-0.39, 0.29) is 24.5 Å². The number of halogens is 1. The molecule has 1 amide bonds. The van der Waals surface area contributed by atoms with Crippen molar-refractivity contribution in [3.63, 3.8) is 0 Å². The molecule has 10 heteroatoms. The number of carbonyl (C=O) groups is 1. The summed E-state index contributed by atoms with van der Waals surface area (Å²) in [5, 5.41) is 13.9. The second-order valence-electron chi connectivity index (χ2n) is 11.1. The van der Waals surface area contributed by atoms with Gasteiger partial charge in [0.2, 0.25) is 0 Å². The molecule has 3 heterocycles. The first-order valence-corrected chi connectivity index (χ1v) is 14.7. The molecule has 1 aromatic heterocycles. The second-order valence-corrected chi connectivity index (χ2v) is 11.5. The third kappa shape index (κ3) is 6.28. The molecule has 0 radical (unpaired) electrons. The van der Waals surface area contributed by atoms with Gasteiger partial charge in [-0.1, -0.05) is 37.6 Å². The van der Waals surface area contributed by atoms with Crippen LogP contribution in [-0.4, -0.2) is 96.0 Å². The monoisotopic (exact) mass is 569 g/mol. The van der Waals surface area contributed by atoms with Crippen LogP contribution in [0.2, 0.25) is 0 Å². The van der Waals surface area contributed by atoms with Crippen molar-refractivity contribution in [1.82, 2.24) is 19.8 Å². The van der Waals surface area contributed by atoms with Gasteiger partial charge in [0.05, 0.1) is 44.2 Å². The van der Waals surface area contributed by atoms with Crippen LogP contribution in [0.1, 0.15) is 59.7 Å². The molecule has 0 unspecified atom stereocenters. The summed E-state index contributed by atoms with van der Waals surface area (Å²) in [7, 11) is 1.62. The molecular weight excluding hydrogens is 530 g/mol. The molecule has 216 valence electrons. The molecule has 2 N–H and O–H groups in total. The molecule has 0 spiro atoms. The van der Waals surface area contributed by atoms with Crippen molar-refractivity contribution >= 4 is 28.4 Å². The van der Waals surface area contributed by atoms with Crippen LogP contribution in [0.4, 0.5) is 5.82 Å². The number of anilines is 1. The Kier molecular flexibility index (Phi) is 9.25. The fraction of sp³-hybridized carbons (Fsp3) is 0.567. The van der Waals surface area contributed by atoms with Gasteiger partial charge in [-0.05, 0) is 30.9 Å². The third-order valence-electron chi connectivity index (χ3n) is 8.26. The summed E-state index contributed by atoms with van der Waals surface area (Å²) in [5.74, 6) is 2.15. The van der Waals surface area contributed by atoms with Gasteiger partial charge in [0, 0.05) is 61.2 Å². The summed E-state index contributed by atoms with van der Waals surface area (Å²) in [6.45, 7) is 9.15. The van der Waals surface area contributed by atoms with Crippen molar-refractivity contribution < 1.29 is 19.4 Å². The molecule has 2 aliphatic heterocycles. The van der Waals surface area contributed by atoms with E-state index in [1.807, 2.05) is 43.0 Å². The molecule has 0 saturated carbocycles. The normalized spacial score (nSPS) is 18.9. The molecule has 3 aliphatic rings. The van der Waals surface area contributed by atoms with Crippen molar-refractivity contribution in [3.8, 4) is 5.75 Å². The van der Waals surface area contributed by atoms with Crippen LogP contribution < -0.4 is 10.1 Å².